The maximum absolute atomic E-state index is 12.6. The van der Waals surface area contributed by atoms with E-state index in [9.17, 15) is 4.79 Å². The van der Waals surface area contributed by atoms with Gasteiger partial charge < -0.3 is 0 Å². The third-order valence-corrected chi connectivity index (χ3v) is 7.25. The second-order valence-electron chi connectivity index (χ2n) is 6.95. The van der Waals surface area contributed by atoms with Crippen LogP contribution < -0.4 is 0 Å². The van der Waals surface area contributed by atoms with Gasteiger partial charge in [0.15, 0.2) is 5.78 Å². The molecule has 1 aliphatic carbocycles. The van der Waals surface area contributed by atoms with Crippen molar-refractivity contribution in [1.29, 1.82) is 0 Å². The highest BCUT2D eigenvalue weighted by Crippen LogP contribution is 2.37. The van der Waals surface area contributed by atoms with E-state index in [-0.39, 0.29) is 5.78 Å². The van der Waals surface area contributed by atoms with Gasteiger partial charge in [0.2, 0.25) is 0 Å². The van der Waals surface area contributed by atoms with Crippen LogP contribution in [0.25, 0.3) is 27.0 Å². The van der Waals surface area contributed by atoms with Crippen LogP contribution in [0.3, 0.4) is 0 Å². The summed E-state index contributed by atoms with van der Waals surface area (Å²) in [4.78, 5) is 16.3. The van der Waals surface area contributed by atoms with E-state index < -0.39 is 0 Å². The van der Waals surface area contributed by atoms with Crippen LogP contribution in [-0.2, 0) is 4.79 Å². The normalized spacial score (nSPS) is 14.9. The summed E-state index contributed by atoms with van der Waals surface area (Å²) < 4.78 is 0. The van der Waals surface area contributed by atoms with Crippen molar-refractivity contribution in [3.05, 3.63) is 124 Å². The number of rotatable bonds is 4. The lowest BCUT2D eigenvalue weighted by Gasteiger charge is -2.12. The topological polar surface area (TPSA) is 17.1 Å². The van der Waals surface area contributed by atoms with E-state index in [1.165, 1.54) is 14.6 Å². The Bertz CT molecular complexity index is 1290. The smallest absolute Gasteiger partial charge is 0.186 e. The summed E-state index contributed by atoms with van der Waals surface area (Å²) in [6.45, 7) is 0. The zero-order valence-electron chi connectivity index (χ0n) is 16.1. The predicted octanol–water partition coefficient (Wildman–Crippen LogP) is 7.59. The average molecular weight is 423 g/mol. The van der Waals surface area contributed by atoms with Crippen LogP contribution in [0, 0.1) is 0 Å². The van der Waals surface area contributed by atoms with Crippen molar-refractivity contribution >= 4 is 45.7 Å². The molecule has 30 heavy (non-hydrogen) atoms. The van der Waals surface area contributed by atoms with E-state index in [0.29, 0.717) is 0 Å². The summed E-state index contributed by atoms with van der Waals surface area (Å²) in [6.07, 6.45) is 7.60. The number of benzene rings is 2. The fourth-order valence-corrected chi connectivity index (χ4v) is 5.47. The number of ketones is 1. The summed E-state index contributed by atoms with van der Waals surface area (Å²) in [6, 6.07) is 27.0. The van der Waals surface area contributed by atoms with Crippen LogP contribution in [0.2, 0.25) is 0 Å². The van der Waals surface area contributed by atoms with Crippen molar-refractivity contribution in [3.8, 4) is 9.75 Å². The number of carbonyl (C=O) groups excluding carboxylic acids is 1. The fraction of sp³-hybridized carbons (Fsp3) is 0. The molecule has 3 heteroatoms. The van der Waals surface area contributed by atoms with Crippen LogP contribution in [-0.4, -0.2) is 5.78 Å². The first kappa shape index (κ1) is 18.7. The van der Waals surface area contributed by atoms with Crippen LogP contribution in [0.1, 0.15) is 21.6 Å². The Morgan fingerprint density at radius 1 is 0.767 bits per heavy atom. The monoisotopic (exact) mass is 422 g/mol. The Morgan fingerprint density at radius 3 is 2.43 bits per heavy atom. The summed E-state index contributed by atoms with van der Waals surface area (Å²) >= 11 is 3.53. The fourth-order valence-electron chi connectivity index (χ4n) is 3.59. The van der Waals surface area contributed by atoms with Crippen molar-refractivity contribution in [2.24, 2.45) is 0 Å². The van der Waals surface area contributed by atoms with Gasteiger partial charge in [0.25, 0.3) is 0 Å². The van der Waals surface area contributed by atoms with Gasteiger partial charge in [-0.05, 0) is 58.0 Å². The van der Waals surface area contributed by atoms with Crippen molar-refractivity contribution in [2.45, 2.75) is 0 Å². The standard InChI is InChI=1S/C27H18OS2/c28-24-15-12-20-9-4-5-10-21(20)23(24)14-13-22(19-7-2-1-3-8-19)25-16-17-27(30-25)26-11-6-18-29-26/h1-18H/b22-13-,23-14+. The zero-order valence-corrected chi connectivity index (χ0v) is 17.8. The molecule has 2 aromatic heterocycles. The third kappa shape index (κ3) is 3.65. The number of carbonyl (C=O) groups is 1. The molecular formula is C27H18OS2. The Morgan fingerprint density at radius 2 is 1.60 bits per heavy atom. The minimum atomic E-state index is 0.0443. The van der Waals surface area contributed by atoms with Crippen molar-refractivity contribution < 1.29 is 4.79 Å². The molecule has 1 aliphatic rings. The summed E-state index contributed by atoms with van der Waals surface area (Å²) in [5, 5.41) is 2.10. The molecule has 2 heterocycles. The first-order valence-corrected chi connectivity index (χ1v) is 11.4. The molecule has 0 radical (unpaired) electrons. The number of thiophene rings is 2. The van der Waals surface area contributed by atoms with Gasteiger partial charge in [-0.3, -0.25) is 4.79 Å². The molecule has 0 bridgehead atoms. The molecule has 0 spiro atoms. The second kappa shape index (κ2) is 8.23. The maximum atomic E-state index is 12.6. The number of allylic oxidation sites excluding steroid dienone is 4. The molecule has 1 nitrogen and oxygen atoms in total. The Balaban J connectivity index is 1.61. The predicted molar refractivity (Wildman–Crippen MR) is 130 cm³/mol. The number of hydrogen-bond acceptors (Lipinski definition) is 3. The molecule has 0 unspecified atom stereocenters. The molecule has 144 valence electrons. The highest BCUT2D eigenvalue weighted by molar-refractivity contribution is 7.21. The molecule has 0 saturated carbocycles. The molecule has 0 N–H and O–H groups in total. The van der Waals surface area contributed by atoms with Gasteiger partial charge in [0.05, 0.1) is 0 Å². The molecule has 0 amide bonds. The van der Waals surface area contributed by atoms with E-state index in [0.717, 1.165) is 27.8 Å². The molecule has 4 aromatic rings. The van der Waals surface area contributed by atoms with Gasteiger partial charge in [-0.1, -0.05) is 72.8 Å². The van der Waals surface area contributed by atoms with E-state index >= 15 is 0 Å². The van der Waals surface area contributed by atoms with Crippen LogP contribution in [0.4, 0.5) is 0 Å². The molecule has 0 fully saturated rings. The third-order valence-electron chi connectivity index (χ3n) is 5.07. The minimum Gasteiger partial charge on any atom is -0.289 e. The van der Waals surface area contributed by atoms with E-state index in [1.54, 1.807) is 28.7 Å². The van der Waals surface area contributed by atoms with E-state index in [4.69, 9.17) is 0 Å². The van der Waals surface area contributed by atoms with Gasteiger partial charge in [0, 0.05) is 20.2 Å². The number of fused-ring (bicyclic) bond motifs is 1. The maximum Gasteiger partial charge on any atom is 0.186 e. The van der Waals surface area contributed by atoms with Crippen LogP contribution in [0.5, 0.6) is 0 Å². The van der Waals surface area contributed by atoms with Gasteiger partial charge >= 0.3 is 0 Å². The first-order chi connectivity index (χ1) is 14.8. The SMILES string of the molecule is O=C1C=Cc2ccccc2/C1=C\C=C(\c1ccccc1)c1ccc(-c2cccs2)s1. The molecule has 0 atom stereocenters. The van der Waals surface area contributed by atoms with Gasteiger partial charge in [-0.2, -0.15) is 0 Å². The van der Waals surface area contributed by atoms with E-state index in [2.05, 4.69) is 47.9 Å². The lowest BCUT2D eigenvalue weighted by molar-refractivity contribution is -0.109. The van der Waals surface area contributed by atoms with Crippen molar-refractivity contribution in [1.82, 2.24) is 0 Å². The summed E-state index contributed by atoms with van der Waals surface area (Å²) in [5.74, 6) is 0.0443. The summed E-state index contributed by atoms with van der Waals surface area (Å²) in [5.41, 5.74) is 5.06. The molecule has 5 rings (SSSR count). The Hall–Kier alpha value is -3.27. The molecular weight excluding hydrogens is 404 g/mol. The van der Waals surface area contributed by atoms with Crippen molar-refractivity contribution in [2.75, 3.05) is 0 Å². The molecule has 0 aliphatic heterocycles. The first-order valence-electron chi connectivity index (χ1n) is 9.73. The second-order valence-corrected chi connectivity index (χ2v) is 8.98. The van der Waals surface area contributed by atoms with E-state index in [1.807, 2.05) is 54.6 Å². The molecule has 0 saturated heterocycles. The quantitative estimate of drug-likeness (QED) is 0.310. The lowest BCUT2D eigenvalue weighted by Crippen LogP contribution is -2.04. The van der Waals surface area contributed by atoms with Crippen LogP contribution in [0.15, 0.2) is 102 Å². The highest BCUT2D eigenvalue weighted by atomic mass is 32.1. The average Bonchev–Trinajstić information content (AvgIpc) is 3.48. The lowest BCUT2D eigenvalue weighted by atomic mass is 9.90. The van der Waals surface area contributed by atoms with Gasteiger partial charge in [0.1, 0.15) is 0 Å². The Labute approximate surface area is 184 Å². The van der Waals surface area contributed by atoms with Crippen LogP contribution >= 0.6 is 22.7 Å². The summed E-state index contributed by atoms with van der Waals surface area (Å²) in [7, 11) is 0. The minimum absolute atomic E-state index is 0.0443. The molecule has 2 aromatic carbocycles. The Kier molecular flexibility index (Phi) is 5.14. The van der Waals surface area contributed by atoms with Gasteiger partial charge in [-0.15, -0.1) is 22.7 Å². The zero-order chi connectivity index (χ0) is 20.3. The number of hydrogen-bond donors (Lipinski definition) is 0. The van der Waals surface area contributed by atoms with Gasteiger partial charge in [-0.25, -0.2) is 0 Å². The van der Waals surface area contributed by atoms with Crippen molar-refractivity contribution in [3.63, 3.8) is 0 Å². The highest BCUT2D eigenvalue weighted by Gasteiger charge is 2.16. The largest absolute Gasteiger partial charge is 0.289 e.